The molecule has 0 spiro atoms. The zero-order chi connectivity index (χ0) is 17.1. The maximum atomic E-state index is 12.5. The number of hydrogen-bond donors (Lipinski definition) is 1. The van der Waals surface area contributed by atoms with Gasteiger partial charge in [0.05, 0.1) is 12.2 Å². The Morgan fingerprint density at radius 3 is 2.46 bits per heavy atom. The predicted molar refractivity (Wildman–Crippen MR) is 87.8 cm³/mol. The average Bonchev–Trinajstić information content (AvgIpc) is 3.05. The monoisotopic (exact) mass is 329 g/mol. The minimum absolute atomic E-state index is 0.316. The maximum absolute atomic E-state index is 12.5. The summed E-state index contributed by atoms with van der Waals surface area (Å²) in [4.78, 5) is 42.7. The maximum Gasteiger partial charge on any atom is 0.409 e. The fraction of sp³-hybridized carbons (Fsp3) is 0.353. The molecule has 1 fully saturated rings. The summed E-state index contributed by atoms with van der Waals surface area (Å²) >= 11 is 0. The van der Waals surface area contributed by atoms with E-state index in [1.165, 1.54) is 4.90 Å². The number of aromatic amines is 1. The standard InChI is InChI=1S/C17H19N3O4/c1-2-24-17(23)20-9-7-19(8-10-20)16(22)15(21)13-11-18-14-6-4-3-5-12(13)14/h3-6,11,18H,2,7-10H2,1H3. The molecule has 2 aromatic rings. The summed E-state index contributed by atoms with van der Waals surface area (Å²) in [5.74, 6) is -1.07. The van der Waals surface area contributed by atoms with Crippen molar-refractivity contribution in [3.8, 4) is 0 Å². The normalized spacial score (nSPS) is 14.7. The molecule has 0 saturated carbocycles. The van der Waals surface area contributed by atoms with E-state index in [1.54, 1.807) is 18.0 Å². The summed E-state index contributed by atoms with van der Waals surface area (Å²) in [6.45, 7) is 3.45. The van der Waals surface area contributed by atoms with Crippen molar-refractivity contribution < 1.29 is 19.1 Å². The number of Topliss-reactive ketones (excluding diaryl/α,β-unsaturated/α-hetero) is 1. The molecule has 1 saturated heterocycles. The lowest BCUT2D eigenvalue weighted by molar-refractivity contribution is -0.128. The highest BCUT2D eigenvalue weighted by atomic mass is 16.6. The Kier molecular flexibility index (Phi) is 4.50. The Hall–Kier alpha value is -2.83. The molecule has 0 radical (unpaired) electrons. The van der Waals surface area contributed by atoms with Crippen LogP contribution in [-0.2, 0) is 9.53 Å². The molecule has 0 bridgehead atoms. The van der Waals surface area contributed by atoms with Gasteiger partial charge in [-0.2, -0.15) is 0 Å². The van der Waals surface area contributed by atoms with Crippen LogP contribution in [-0.4, -0.2) is 65.4 Å². The number of para-hydroxylation sites is 1. The summed E-state index contributed by atoms with van der Waals surface area (Å²) in [5, 5.41) is 0.737. The zero-order valence-electron chi connectivity index (χ0n) is 13.4. The number of nitrogens with zero attached hydrogens (tertiary/aromatic N) is 2. The molecule has 0 atom stereocenters. The zero-order valence-corrected chi connectivity index (χ0v) is 13.4. The van der Waals surface area contributed by atoms with E-state index in [2.05, 4.69) is 4.98 Å². The number of carbonyl (C=O) groups excluding carboxylic acids is 3. The third-order valence-corrected chi connectivity index (χ3v) is 4.12. The third-order valence-electron chi connectivity index (χ3n) is 4.12. The molecule has 7 nitrogen and oxygen atoms in total. The minimum atomic E-state index is -0.539. The van der Waals surface area contributed by atoms with E-state index in [4.69, 9.17) is 4.74 Å². The van der Waals surface area contributed by atoms with Crippen LogP contribution in [0.4, 0.5) is 4.79 Å². The number of hydrogen-bond acceptors (Lipinski definition) is 4. The van der Waals surface area contributed by atoms with Crippen LogP contribution in [0.15, 0.2) is 30.5 Å². The fourth-order valence-corrected chi connectivity index (χ4v) is 2.83. The first-order chi connectivity index (χ1) is 11.6. The van der Waals surface area contributed by atoms with E-state index in [0.717, 1.165) is 10.9 Å². The van der Waals surface area contributed by atoms with Crippen molar-refractivity contribution in [1.29, 1.82) is 0 Å². The highest BCUT2D eigenvalue weighted by Gasteiger charge is 2.29. The number of H-pyrrole nitrogens is 1. The highest BCUT2D eigenvalue weighted by molar-refractivity contribution is 6.44. The van der Waals surface area contributed by atoms with Gasteiger partial charge in [0, 0.05) is 43.3 Å². The smallest absolute Gasteiger partial charge is 0.409 e. The van der Waals surface area contributed by atoms with Gasteiger partial charge < -0.3 is 19.5 Å². The van der Waals surface area contributed by atoms with E-state index in [-0.39, 0.29) is 6.09 Å². The van der Waals surface area contributed by atoms with Gasteiger partial charge in [0.1, 0.15) is 0 Å². The van der Waals surface area contributed by atoms with Crippen molar-refractivity contribution in [3.63, 3.8) is 0 Å². The number of nitrogens with one attached hydrogen (secondary N) is 1. The van der Waals surface area contributed by atoms with Gasteiger partial charge in [-0.3, -0.25) is 9.59 Å². The van der Waals surface area contributed by atoms with Crippen LogP contribution in [0, 0.1) is 0 Å². The van der Waals surface area contributed by atoms with Crippen LogP contribution in [0.3, 0.4) is 0 Å². The number of carbonyl (C=O) groups is 3. The van der Waals surface area contributed by atoms with Gasteiger partial charge in [-0.05, 0) is 13.0 Å². The van der Waals surface area contributed by atoms with Crippen LogP contribution in [0.25, 0.3) is 10.9 Å². The number of amides is 2. The minimum Gasteiger partial charge on any atom is -0.450 e. The van der Waals surface area contributed by atoms with Crippen LogP contribution < -0.4 is 0 Å². The molecule has 7 heteroatoms. The van der Waals surface area contributed by atoms with Crippen molar-refractivity contribution in [2.45, 2.75) is 6.92 Å². The lowest BCUT2D eigenvalue weighted by Crippen LogP contribution is -2.52. The lowest BCUT2D eigenvalue weighted by Gasteiger charge is -2.33. The van der Waals surface area contributed by atoms with Crippen molar-refractivity contribution in [2.75, 3.05) is 32.8 Å². The van der Waals surface area contributed by atoms with Crippen LogP contribution in [0.1, 0.15) is 17.3 Å². The number of ether oxygens (including phenoxy) is 1. The molecule has 2 heterocycles. The molecule has 3 rings (SSSR count). The van der Waals surface area contributed by atoms with Crippen molar-refractivity contribution in [2.24, 2.45) is 0 Å². The Balaban J connectivity index is 1.67. The molecule has 24 heavy (non-hydrogen) atoms. The molecular formula is C17H19N3O4. The number of ketones is 1. The van der Waals surface area contributed by atoms with Crippen LogP contribution in [0.2, 0.25) is 0 Å². The first-order valence-corrected chi connectivity index (χ1v) is 7.93. The molecule has 1 aliphatic heterocycles. The van der Waals surface area contributed by atoms with Gasteiger partial charge in [-0.15, -0.1) is 0 Å². The molecule has 1 aromatic heterocycles. The second kappa shape index (κ2) is 6.74. The SMILES string of the molecule is CCOC(=O)N1CCN(C(=O)C(=O)c2c[nH]c3ccccc23)CC1. The van der Waals surface area contributed by atoms with Crippen molar-refractivity contribution in [1.82, 2.24) is 14.8 Å². The van der Waals surface area contributed by atoms with Gasteiger partial charge in [-0.25, -0.2) is 4.79 Å². The summed E-state index contributed by atoms with van der Waals surface area (Å²) in [7, 11) is 0. The lowest BCUT2D eigenvalue weighted by atomic mass is 10.1. The van der Waals surface area contributed by atoms with E-state index >= 15 is 0 Å². The Morgan fingerprint density at radius 1 is 1.08 bits per heavy atom. The quantitative estimate of drug-likeness (QED) is 0.686. The topological polar surface area (TPSA) is 82.7 Å². The Labute approximate surface area is 139 Å². The number of aromatic nitrogens is 1. The first kappa shape index (κ1) is 16.0. The van der Waals surface area contributed by atoms with E-state index in [9.17, 15) is 14.4 Å². The van der Waals surface area contributed by atoms with Gasteiger partial charge in [0.2, 0.25) is 0 Å². The average molecular weight is 329 g/mol. The van der Waals surface area contributed by atoms with Crippen molar-refractivity contribution in [3.05, 3.63) is 36.0 Å². The van der Waals surface area contributed by atoms with Gasteiger partial charge in [0.25, 0.3) is 11.7 Å². The molecule has 0 aliphatic carbocycles. The summed E-state index contributed by atoms with van der Waals surface area (Å²) in [5.41, 5.74) is 1.20. The number of benzene rings is 1. The van der Waals surface area contributed by atoms with E-state index in [1.807, 2.05) is 24.3 Å². The van der Waals surface area contributed by atoms with Gasteiger partial charge >= 0.3 is 6.09 Å². The van der Waals surface area contributed by atoms with Gasteiger partial charge in [-0.1, -0.05) is 18.2 Å². The second-order valence-corrected chi connectivity index (χ2v) is 5.56. The molecule has 2 amide bonds. The number of piperazine rings is 1. The number of rotatable bonds is 3. The summed E-state index contributed by atoms with van der Waals surface area (Å²) < 4.78 is 4.94. The summed E-state index contributed by atoms with van der Waals surface area (Å²) in [6.07, 6.45) is 1.19. The van der Waals surface area contributed by atoms with E-state index in [0.29, 0.717) is 38.3 Å². The van der Waals surface area contributed by atoms with Gasteiger partial charge in [0.15, 0.2) is 0 Å². The molecule has 0 unspecified atom stereocenters. The molecule has 1 N–H and O–H groups in total. The fourth-order valence-electron chi connectivity index (χ4n) is 2.83. The van der Waals surface area contributed by atoms with Crippen molar-refractivity contribution >= 4 is 28.7 Å². The highest BCUT2D eigenvalue weighted by Crippen LogP contribution is 2.19. The largest absolute Gasteiger partial charge is 0.450 e. The molecular weight excluding hydrogens is 310 g/mol. The first-order valence-electron chi connectivity index (χ1n) is 7.93. The Morgan fingerprint density at radius 2 is 1.75 bits per heavy atom. The third kappa shape index (κ3) is 2.97. The van der Waals surface area contributed by atoms with Crippen LogP contribution >= 0.6 is 0 Å². The molecule has 126 valence electrons. The molecule has 1 aliphatic rings. The molecule has 1 aromatic carbocycles. The summed E-state index contributed by atoms with van der Waals surface area (Å²) in [6, 6.07) is 7.36. The Bertz CT molecular complexity index is 775. The van der Waals surface area contributed by atoms with Crippen LogP contribution in [0.5, 0.6) is 0 Å². The predicted octanol–water partition coefficient (Wildman–Crippen LogP) is 1.65. The number of fused-ring (bicyclic) bond motifs is 1. The second-order valence-electron chi connectivity index (χ2n) is 5.56. The van der Waals surface area contributed by atoms with E-state index < -0.39 is 11.7 Å².